The average Bonchev–Trinajstić information content (AvgIpc) is 3.70. The number of hydrogen-bond acceptors (Lipinski definition) is 10. The minimum atomic E-state index is -0.647. The topological polar surface area (TPSA) is 109 Å². The number of aromatic nitrogens is 3. The number of carbonyl (C=O) groups is 1. The molecule has 4 atom stereocenters. The first-order valence-electron chi connectivity index (χ1n) is 17.6. The van der Waals surface area contributed by atoms with Gasteiger partial charge in [-0.1, -0.05) is 13.8 Å². The van der Waals surface area contributed by atoms with E-state index in [0.717, 1.165) is 72.7 Å². The van der Waals surface area contributed by atoms with Crippen LogP contribution >= 0.6 is 0 Å². The van der Waals surface area contributed by atoms with Gasteiger partial charge in [0.25, 0.3) is 0 Å². The highest BCUT2D eigenvalue weighted by atomic mass is 16.8. The Hall–Kier alpha value is -3.41. The van der Waals surface area contributed by atoms with Gasteiger partial charge in [-0.25, -0.2) is 9.97 Å². The van der Waals surface area contributed by atoms with E-state index in [1.807, 2.05) is 39.0 Å². The molecule has 0 radical (unpaired) electrons. The van der Waals surface area contributed by atoms with E-state index < -0.39 is 5.79 Å². The molecule has 11 nitrogen and oxygen atoms in total. The van der Waals surface area contributed by atoms with Crippen LogP contribution in [0.15, 0.2) is 36.8 Å². The van der Waals surface area contributed by atoms with Crippen molar-refractivity contribution in [2.24, 2.45) is 17.8 Å². The Morgan fingerprint density at radius 1 is 1.10 bits per heavy atom. The summed E-state index contributed by atoms with van der Waals surface area (Å²) in [5, 5.41) is 4.47. The minimum Gasteiger partial charge on any atom is -0.497 e. The molecule has 3 heterocycles. The lowest BCUT2D eigenvalue weighted by molar-refractivity contribution is -0.161. The number of hydrogen-bond donors (Lipinski definition) is 1. The van der Waals surface area contributed by atoms with Gasteiger partial charge in [-0.05, 0) is 76.5 Å². The number of nitrogens with zero attached hydrogens (tertiary/aromatic N) is 4. The molecule has 1 aliphatic heterocycles. The van der Waals surface area contributed by atoms with Crippen molar-refractivity contribution in [1.29, 1.82) is 0 Å². The lowest BCUT2D eigenvalue weighted by atomic mass is 9.76. The van der Waals surface area contributed by atoms with Crippen LogP contribution in [0, 0.1) is 17.8 Å². The summed E-state index contributed by atoms with van der Waals surface area (Å²) in [6.45, 7) is 13.5. The van der Waals surface area contributed by atoms with Gasteiger partial charge in [-0.3, -0.25) is 9.69 Å². The van der Waals surface area contributed by atoms with E-state index in [4.69, 9.17) is 28.7 Å². The third-order valence-electron chi connectivity index (χ3n) is 10.2. The van der Waals surface area contributed by atoms with Crippen molar-refractivity contribution in [3.8, 4) is 11.5 Å². The predicted molar refractivity (Wildman–Crippen MR) is 184 cm³/mol. The van der Waals surface area contributed by atoms with Crippen molar-refractivity contribution in [2.75, 3.05) is 39.2 Å². The van der Waals surface area contributed by atoms with Crippen molar-refractivity contribution in [2.45, 2.75) is 103 Å². The van der Waals surface area contributed by atoms with Crippen LogP contribution in [0.25, 0.3) is 11.0 Å². The molecule has 3 aromatic rings. The Bertz CT molecular complexity index is 1550. The summed E-state index contributed by atoms with van der Waals surface area (Å²) >= 11 is 0. The number of rotatable bonds is 15. The molecule has 2 saturated carbocycles. The molecular formula is C37H53N5O6. The van der Waals surface area contributed by atoms with E-state index in [0.29, 0.717) is 43.4 Å². The quantitative estimate of drug-likeness (QED) is 0.188. The zero-order chi connectivity index (χ0) is 34.0. The molecule has 0 unspecified atom stereocenters. The van der Waals surface area contributed by atoms with Crippen molar-refractivity contribution >= 4 is 22.8 Å². The Balaban J connectivity index is 1.17. The maximum Gasteiger partial charge on any atom is 0.305 e. The second-order valence-corrected chi connectivity index (χ2v) is 14.5. The second-order valence-electron chi connectivity index (χ2n) is 14.5. The van der Waals surface area contributed by atoms with Crippen molar-refractivity contribution in [3.63, 3.8) is 0 Å². The molecule has 1 N–H and O–H groups in total. The van der Waals surface area contributed by atoms with E-state index in [9.17, 15) is 4.79 Å². The molecule has 48 heavy (non-hydrogen) atoms. The molecule has 1 saturated heterocycles. The van der Waals surface area contributed by atoms with Crippen LogP contribution in [0.3, 0.4) is 0 Å². The van der Waals surface area contributed by atoms with Gasteiger partial charge in [0.2, 0.25) is 0 Å². The number of carbonyl (C=O) groups excluding carboxylic acids is 1. The molecule has 2 aliphatic carbocycles. The summed E-state index contributed by atoms with van der Waals surface area (Å²) in [5.74, 6) is 3.02. The van der Waals surface area contributed by atoms with Crippen molar-refractivity contribution in [1.82, 2.24) is 19.4 Å². The van der Waals surface area contributed by atoms with E-state index >= 15 is 0 Å². The average molecular weight is 664 g/mol. The first kappa shape index (κ1) is 34.5. The standard InChI is InChI=1S/C37H53N5O6/c1-8-46-32(43)12-9-24-15-27(16-24)41(20-23(2)3)21-26-17-30(34-33(26)47-37(4,5)48-34)42-14-13-29-35(39-22-40-36(29)42)38-19-25-10-11-28(44-6)18-31(25)45-7/h10-11,13-14,18,22-24,26-27,30,33-34H,8-9,12,15-17,19-21H2,1-7H3,(H,38,39,40)/t24?,26-,27?,30-,33-,34+/m1/s1. The van der Waals surface area contributed by atoms with Crippen molar-refractivity contribution < 1.29 is 28.5 Å². The normalized spacial score (nSPS) is 26.1. The predicted octanol–water partition coefficient (Wildman–Crippen LogP) is 6.22. The molecule has 0 bridgehead atoms. The molecule has 262 valence electrons. The zero-order valence-corrected chi connectivity index (χ0v) is 29.6. The van der Waals surface area contributed by atoms with Crippen LogP contribution in [0.2, 0.25) is 0 Å². The van der Waals surface area contributed by atoms with Crippen LogP contribution in [0.4, 0.5) is 5.82 Å². The molecule has 0 amide bonds. The Labute approximate surface area is 284 Å². The smallest absolute Gasteiger partial charge is 0.305 e. The Morgan fingerprint density at radius 3 is 2.62 bits per heavy atom. The van der Waals surface area contributed by atoms with E-state index in [1.165, 1.54) is 0 Å². The maximum absolute atomic E-state index is 11.9. The van der Waals surface area contributed by atoms with Gasteiger partial charge in [0, 0.05) is 55.8 Å². The van der Waals surface area contributed by atoms with Gasteiger partial charge in [0.15, 0.2) is 5.79 Å². The highest BCUT2D eigenvalue weighted by molar-refractivity contribution is 5.87. The number of anilines is 1. The van der Waals surface area contributed by atoms with Crippen LogP contribution in [-0.4, -0.2) is 83.4 Å². The van der Waals surface area contributed by atoms with Gasteiger partial charge in [-0.2, -0.15) is 0 Å². The fraction of sp³-hybridized carbons (Fsp3) is 0.649. The highest BCUT2D eigenvalue weighted by Crippen LogP contribution is 2.49. The van der Waals surface area contributed by atoms with Crippen LogP contribution < -0.4 is 14.8 Å². The van der Waals surface area contributed by atoms with E-state index in [1.54, 1.807) is 20.5 Å². The lowest BCUT2D eigenvalue weighted by Crippen LogP contribution is -2.49. The Kier molecular flexibility index (Phi) is 10.5. The number of benzene rings is 1. The van der Waals surface area contributed by atoms with Gasteiger partial charge in [0.05, 0.1) is 38.4 Å². The Morgan fingerprint density at radius 2 is 1.90 bits per heavy atom. The number of ether oxygens (including phenoxy) is 5. The van der Waals surface area contributed by atoms with Gasteiger partial charge >= 0.3 is 5.97 Å². The molecule has 3 aliphatic rings. The van der Waals surface area contributed by atoms with E-state index in [2.05, 4.69) is 45.9 Å². The highest BCUT2D eigenvalue weighted by Gasteiger charge is 2.55. The van der Waals surface area contributed by atoms with E-state index in [-0.39, 0.29) is 24.2 Å². The summed E-state index contributed by atoms with van der Waals surface area (Å²) in [7, 11) is 3.31. The fourth-order valence-electron chi connectivity index (χ4n) is 8.00. The molecule has 3 fully saturated rings. The van der Waals surface area contributed by atoms with Gasteiger partial charge in [-0.15, -0.1) is 0 Å². The number of methoxy groups -OCH3 is 2. The fourth-order valence-corrected chi connectivity index (χ4v) is 8.00. The van der Waals surface area contributed by atoms with Gasteiger partial charge in [0.1, 0.15) is 35.4 Å². The molecular weight excluding hydrogens is 610 g/mol. The molecule has 0 spiro atoms. The monoisotopic (exact) mass is 663 g/mol. The molecule has 11 heteroatoms. The number of esters is 1. The van der Waals surface area contributed by atoms with Gasteiger partial charge < -0.3 is 33.6 Å². The summed E-state index contributed by atoms with van der Waals surface area (Å²) in [4.78, 5) is 24.0. The molecule has 6 rings (SSSR count). The first-order valence-corrected chi connectivity index (χ1v) is 17.6. The lowest BCUT2D eigenvalue weighted by Gasteiger charge is -2.45. The van der Waals surface area contributed by atoms with Crippen LogP contribution in [0.5, 0.6) is 11.5 Å². The number of fused-ring (bicyclic) bond motifs is 2. The second kappa shape index (κ2) is 14.6. The summed E-state index contributed by atoms with van der Waals surface area (Å²) in [6.07, 6.45) is 8.33. The SMILES string of the molecule is CCOC(=O)CCC1CC(N(CC(C)C)C[C@H]2C[C@@H](n3ccc4c(NCc5ccc(OC)cc5OC)ncnc43)[C@@H]3OC(C)(C)O[C@H]23)C1. The van der Waals surface area contributed by atoms with Crippen LogP contribution in [-0.2, 0) is 25.5 Å². The molecule has 1 aromatic carbocycles. The summed E-state index contributed by atoms with van der Waals surface area (Å²) in [6, 6.07) is 8.54. The molecule has 2 aromatic heterocycles. The maximum atomic E-state index is 11.9. The minimum absolute atomic E-state index is 0.00114. The number of nitrogens with one attached hydrogen (secondary N) is 1. The first-order chi connectivity index (χ1) is 23.1. The largest absolute Gasteiger partial charge is 0.497 e. The zero-order valence-electron chi connectivity index (χ0n) is 29.6. The third kappa shape index (κ3) is 7.43. The third-order valence-corrected chi connectivity index (χ3v) is 10.2. The van der Waals surface area contributed by atoms with Crippen molar-refractivity contribution in [3.05, 3.63) is 42.4 Å². The summed E-state index contributed by atoms with van der Waals surface area (Å²) in [5.41, 5.74) is 1.89. The van der Waals surface area contributed by atoms with Crippen LogP contribution in [0.1, 0.15) is 78.3 Å². The summed E-state index contributed by atoms with van der Waals surface area (Å²) < 4.78 is 31.7.